The van der Waals surface area contributed by atoms with Crippen LogP contribution in [0.5, 0.6) is 0 Å². The first-order valence-corrected chi connectivity index (χ1v) is 8.67. The monoisotopic (exact) mass is 301 g/mol. The standard InChI is InChI=1S/C15H27NO3S/c1-5-7-8-9-13(17)16-12(15(18)19-6-2)10-20-14(16)11(3)4/h11-12,14H,5-10H2,1-4H3. The summed E-state index contributed by atoms with van der Waals surface area (Å²) in [6, 6.07) is -0.401. The molecule has 1 aliphatic heterocycles. The maximum absolute atomic E-state index is 12.5. The minimum atomic E-state index is -0.401. The van der Waals surface area contributed by atoms with E-state index < -0.39 is 6.04 Å². The molecule has 0 aromatic rings. The number of thioether (sulfide) groups is 1. The number of esters is 1. The van der Waals surface area contributed by atoms with Crippen LogP contribution in [0.25, 0.3) is 0 Å². The SMILES string of the molecule is CCCCCC(=O)N1C(C(=O)OCC)CSC1C(C)C. The van der Waals surface area contributed by atoms with E-state index in [0.717, 1.165) is 19.3 Å². The molecule has 0 saturated carbocycles. The zero-order valence-electron chi connectivity index (χ0n) is 13.1. The van der Waals surface area contributed by atoms with Gasteiger partial charge in [0.05, 0.1) is 12.0 Å². The van der Waals surface area contributed by atoms with Crippen LogP contribution >= 0.6 is 11.8 Å². The Labute approximate surface area is 126 Å². The summed E-state index contributed by atoms with van der Waals surface area (Å²) in [6.45, 7) is 8.47. The third kappa shape index (κ3) is 4.40. The minimum absolute atomic E-state index is 0.0959. The number of carbonyl (C=O) groups is 2. The van der Waals surface area contributed by atoms with Gasteiger partial charge in [-0.05, 0) is 19.3 Å². The molecule has 0 aromatic heterocycles. The molecule has 1 fully saturated rings. The number of unbranched alkanes of at least 4 members (excludes halogenated alkanes) is 2. The van der Waals surface area contributed by atoms with E-state index in [9.17, 15) is 9.59 Å². The number of ether oxygens (including phenoxy) is 1. The highest BCUT2D eigenvalue weighted by molar-refractivity contribution is 8.00. The normalized spacial score (nSPS) is 22.4. The van der Waals surface area contributed by atoms with Gasteiger partial charge in [0, 0.05) is 12.2 Å². The summed E-state index contributed by atoms with van der Waals surface area (Å²) >= 11 is 1.69. The first kappa shape index (κ1) is 17.3. The van der Waals surface area contributed by atoms with Gasteiger partial charge < -0.3 is 9.64 Å². The van der Waals surface area contributed by atoms with E-state index in [1.807, 2.05) is 0 Å². The lowest BCUT2D eigenvalue weighted by Crippen LogP contribution is -2.47. The summed E-state index contributed by atoms with van der Waals surface area (Å²) in [4.78, 5) is 26.3. The highest BCUT2D eigenvalue weighted by atomic mass is 32.2. The van der Waals surface area contributed by atoms with Crippen molar-refractivity contribution in [2.75, 3.05) is 12.4 Å². The lowest BCUT2D eigenvalue weighted by molar-refractivity contribution is -0.154. The summed E-state index contributed by atoms with van der Waals surface area (Å²) in [5.74, 6) is 0.836. The van der Waals surface area contributed by atoms with Crippen molar-refractivity contribution in [2.45, 2.75) is 64.8 Å². The molecule has 1 saturated heterocycles. The lowest BCUT2D eigenvalue weighted by Gasteiger charge is -2.30. The van der Waals surface area contributed by atoms with Crippen LogP contribution in [0.3, 0.4) is 0 Å². The van der Waals surface area contributed by atoms with Gasteiger partial charge in [-0.2, -0.15) is 0 Å². The number of rotatable bonds is 7. The fourth-order valence-electron chi connectivity index (χ4n) is 2.43. The van der Waals surface area contributed by atoms with E-state index in [0.29, 0.717) is 24.7 Å². The Hall–Kier alpha value is -0.710. The molecule has 5 heteroatoms. The molecule has 1 heterocycles. The zero-order valence-corrected chi connectivity index (χ0v) is 13.9. The first-order chi connectivity index (χ1) is 9.52. The molecular weight excluding hydrogens is 274 g/mol. The fraction of sp³-hybridized carbons (Fsp3) is 0.867. The number of hydrogen-bond acceptors (Lipinski definition) is 4. The molecule has 0 spiro atoms. The third-order valence-corrected chi connectivity index (χ3v) is 5.07. The number of nitrogens with zero attached hydrogens (tertiary/aromatic N) is 1. The van der Waals surface area contributed by atoms with E-state index in [2.05, 4.69) is 20.8 Å². The summed E-state index contributed by atoms with van der Waals surface area (Å²) < 4.78 is 5.11. The molecule has 0 aliphatic carbocycles. The maximum atomic E-state index is 12.5. The van der Waals surface area contributed by atoms with Crippen LogP contribution in [0.2, 0.25) is 0 Å². The molecule has 1 aliphatic rings. The first-order valence-electron chi connectivity index (χ1n) is 7.62. The van der Waals surface area contributed by atoms with Gasteiger partial charge >= 0.3 is 5.97 Å². The Kier molecular flexibility index (Phi) is 7.41. The fourth-order valence-corrected chi connectivity index (χ4v) is 3.92. The topological polar surface area (TPSA) is 46.6 Å². The van der Waals surface area contributed by atoms with Gasteiger partial charge in [-0.15, -0.1) is 11.8 Å². The van der Waals surface area contributed by atoms with Crippen molar-refractivity contribution < 1.29 is 14.3 Å². The molecule has 116 valence electrons. The number of hydrogen-bond donors (Lipinski definition) is 0. The van der Waals surface area contributed by atoms with Gasteiger partial charge in [-0.25, -0.2) is 4.79 Å². The predicted molar refractivity (Wildman–Crippen MR) is 82.5 cm³/mol. The Balaban J connectivity index is 2.74. The summed E-state index contributed by atoms with van der Waals surface area (Å²) in [5.41, 5.74) is 0. The van der Waals surface area contributed by atoms with Crippen LogP contribution < -0.4 is 0 Å². The Bertz CT molecular complexity index is 333. The predicted octanol–water partition coefficient (Wildman–Crippen LogP) is 3.06. The van der Waals surface area contributed by atoms with E-state index in [1.54, 1.807) is 23.6 Å². The van der Waals surface area contributed by atoms with Crippen molar-refractivity contribution in [3.63, 3.8) is 0 Å². The molecule has 1 amide bonds. The molecule has 0 radical (unpaired) electrons. The van der Waals surface area contributed by atoms with Crippen molar-refractivity contribution in [1.29, 1.82) is 0 Å². The highest BCUT2D eigenvalue weighted by Gasteiger charge is 2.43. The van der Waals surface area contributed by atoms with Crippen LogP contribution in [0, 0.1) is 5.92 Å². The average molecular weight is 301 g/mol. The van der Waals surface area contributed by atoms with Crippen LogP contribution in [0.15, 0.2) is 0 Å². The van der Waals surface area contributed by atoms with E-state index in [1.165, 1.54) is 0 Å². The van der Waals surface area contributed by atoms with Crippen LogP contribution in [0.1, 0.15) is 53.4 Å². The van der Waals surface area contributed by atoms with Crippen molar-refractivity contribution >= 4 is 23.6 Å². The van der Waals surface area contributed by atoms with Gasteiger partial charge in [0.1, 0.15) is 6.04 Å². The Morgan fingerprint density at radius 2 is 2.00 bits per heavy atom. The van der Waals surface area contributed by atoms with E-state index in [4.69, 9.17) is 4.74 Å². The van der Waals surface area contributed by atoms with Crippen LogP contribution in [-0.2, 0) is 14.3 Å². The minimum Gasteiger partial charge on any atom is -0.464 e. The molecule has 1 rings (SSSR count). The van der Waals surface area contributed by atoms with Crippen molar-refractivity contribution in [3.05, 3.63) is 0 Å². The second-order valence-electron chi connectivity index (χ2n) is 5.49. The summed E-state index contributed by atoms with van der Waals surface area (Å²) in [7, 11) is 0. The van der Waals surface area contributed by atoms with E-state index >= 15 is 0 Å². The molecule has 2 atom stereocenters. The zero-order chi connectivity index (χ0) is 15.1. The number of carbonyl (C=O) groups excluding carboxylic acids is 2. The maximum Gasteiger partial charge on any atom is 0.329 e. The van der Waals surface area contributed by atoms with Gasteiger partial charge in [-0.1, -0.05) is 33.6 Å². The lowest BCUT2D eigenvalue weighted by atomic mass is 10.1. The molecule has 20 heavy (non-hydrogen) atoms. The molecule has 0 N–H and O–H groups in total. The van der Waals surface area contributed by atoms with Crippen molar-refractivity contribution in [3.8, 4) is 0 Å². The highest BCUT2D eigenvalue weighted by Crippen LogP contribution is 2.35. The summed E-state index contributed by atoms with van der Waals surface area (Å²) in [5, 5.41) is 0.0959. The van der Waals surface area contributed by atoms with Gasteiger partial charge in [0.25, 0.3) is 0 Å². The van der Waals surface area contributed by atoms with E-state index in [-0.39, 0.29) is 17.3 Å². The molecule has 0 bridgehead atoms. The van der Waals surface area contributed by atoms with Crippen molar-refractivity contribution in [1.82, 2.24) is 4.90 Å². The molecule has 0 aromatic carbocycles. The largest absolute Gasteiger partial charge is 0.464 e. The Morgan fingerprint density at radius 3 is 2.55 bits per heavy atom. The molecule has 4 nitrogen and oxygen atoms in total. The second-order valence-corrected chi connectivity index (χ2v) is 6.64. The van der Waals surface area contributed by atoms with Gasteiger partial charge in [0.2, 0.25) is 5.91 Å². The molecule has 2 unspecified atom stereocenters. The van der Waals surface area contributed by atoms with Gasteiger partial charge in [0.15, 0.2) is 0 Å². The molecular formula is C15H27NO3S. The average Bonchev–Trinajstić information content (AvgIpc) is 2.84. The summed E-state index contributed by atoms with van der Waals surface area (Å²) in [6.07, 6.45) is 3.59. The Morgan fingerprint density at radius 1 is 1.30 bits per heavy atom. The van der Waals surface area contributed by atoms with Crippen LogP contribution in [-0.4, -0.2) is 40.6 Å². The van der Waals surface area contributed by atoms with Crippen molar-refractivity contribution in [2.24, 2.45) is 5.92 Å². The van der Waals surface area contributed by atoms with Crippen LogP contribution in [0.4, 0.5) is 0 Å². The third-order valence-electron chi connectivity index (χ3n) is 3.45. The van der Waals surface area contributed by atoms with Gasteiger partial charge in [-0.3, -0.25) is 4.79 Å². The smallest absolute Gasteiger partial charge is 0.329 e. The quantitative estimate of drug-likeness (QED) is 0.535. The second kappa shape index (κ2) is 8.55. The number of amides is 1.